The second-order valence-electron chi connectivity index (χ2n) is 6.79. The Labute approximate surface area is 154 Å². The van der Waals surface area contributed by atoms with Crippen LogP contribution in [0.25, 0.3) is 0 Å². The zero-order valence-corrected chi connectivity index (χ0v) is 15.4. The molecule has 2 N–H and O–H groups in total. The maximum atomic E-state index is 12.7. The molecule has 0 bridgehead atoms. The maximum absolute atomic E-state index is 12.7. The molecule has 7 heteroatoms. The molecule has 1 aromatic rings. The topological polar surface area (TPSA) is 79.9 Å². The van der Waals surface area contributed by atoms with Crippen molar-refractivity contribution < 1.29 is 19.1 Å². The van der Waals surface area contributed by atoms with E-state index in [4.69, 9.17) is 9.47 Å². The summed E-state index contributed by atoms with van der Waals surface area (Å²) in [6.45, 7) is 2.18. The lowest BCUT2D eigenvalue weighted by molar-refractivity contribution is -0.123. The molecule has 2 heterocycles. The van der Waals surface area contributed by atoms with E-state index in [0.717, 1.165) is 32.2 Å². The van der Waals surface area contributed by atoms with E-state index in [1.54, 1.807) is 32.4 Å². The summed E-state index contributed by atoms with van der Waals surface area (Å²) in [5, 5.41) is 6.33. The molecule has 0 spiro atoms. The van der Waals surface area contributed by atoms with E-state index in [1.165, 1.54) is 0 Å². The van der Waals surface area contributed by atoms with Gasteiger partial charge in [0, 0.05) is 24.7 Å². The zero-order chi connectivity index (χ0) is 18.5. The highest BCUT2D eigenvalue weighted by atomic mass is 16.5. The van der Waals surface area contributed by atoms with Gasteiger partial charge in [0.05, 0.1) is 20.3 Å². The zero-order valence-electron chi connectivity index (χ0n) is 15.4. The molecule has 1 atom stereocenters. The molecule has 2 aliphatic rings. The predicted molar refractivity (Wildman–Crippen MR) is 97.6 cm³/mol. The van der Waals surface area contributed by atoms with E-state index in [9.17, 15) is 9.59 Å². The normalized spacial score (nSPS) is 20.7. The van der Waals surface area contributed by atoms with Crippen molar-refractivity contribution in [2.24, 2.45) is 0 Å². The molecule has 2 saturated heterocycles. The van der Waals surface area contributed by atoms with E-state index >= 15 is 0 Å². The summed E-state index contributed by atoms with van der Waals surface area (Å²) in [6.07, 6.45) is 3.51. The van der Waals surface area contributed by atoms with Crippen molar-refractivity contribution in [3.8, 4) is 11.5 Å². The molecule has 0 saturated carbocycles. The number of carbonyl (C=O) groups is 2. The van der Waals surface area contributed by atoms with Crippen molar-refractivity contribution in [2.75, 3.05) is 33.9 Å². The van der Waals surface area contributed by atoms with Gasteiger partial charge in [0.15, 0.2) is 11.5 Å². The number of likely N-dealkylation sites (tertiary alicyclic amines) is 1. The molecule has 7 nitrogen and oxygen atoms in total. The predicted octanol–water partition coefficient (Wildman–Crippen LogP) is 1.18. The summed E-state index contributed by atoms with van der Waals surface area (Å²) in [6, 6.07) is 5.29. The third-order valence-corrected chi connectivity index (χ3v) is 5.14. The number of methoxy groups -OCH3 is 2. The Morgan fingerprint density at radius 1 is 1.12 bits per heavy atom. The summed E-state index contributed by atoms with van der Waals surface area (Å²) < 4.78 is 10.5. The summed E-state index contributed by atoms with van der Waals surface area (Å²) >= 11 is 0. The van der Waals surface area contributed by atoms with Crippen LogP contribution >= 0.6 is 0 Å². The van der Waals surface area contributed by atoms with Crippen LogP contribution in [0.1, 0.15) is 36.0 Å². The molecule has 142 valence electrons. The minimum absolute atomic E-state index is 0.0202. The van der Waals surface area contributed by atoms with Crippen LogP contribution in [0.3, 0.4) is 0 Å². The lowest BCUT2D eigenvalue weighted by Gasteiger charge is -2.33. The highest BCUT2D eigenvalue weighted by Gasteiger charge is 2.28. The van der Waals surface area contributed by atoms with Crippen LogP contribution in [0.2, 0.25) is 0 Å². The van der Waals surface area contributed by atoms with Gasteiger partial charge in [-0.15, -0.1) is 0 Å². The molecule has 2 aliphatic heterocycles. The van der Waals surface area contributed by atoms with E-state index in [-0.39, 0.29) is 23.9 Å². The molecule has 1 unspecified atom stereocenters. The first kappa shape index (κ1) is 18.5. The number of amides is 2. The van der Waals surface area contributed by atoms with Crippen LogP contribution in [0, 0.1) is 0 Å². The first-order valence-electron chi connectivity index (χ1n) is 9.17. The average Bonchev–Trinajstić information content (AvgIpc) is 3.22. The smallest absolute Gasteiger partial charge is 0.253 e. The number of nitrogens with one attached hydrogen (secondary N) is 2. The molecule has 0 aromatic heterocycles. The molecule has 1 aromatic carbocycles. The van der Waals surface area contributed by atoms with Crippen molar-refractivity contribution in [3.63, 3.8) is 0 Å². The first-order valence-corrected chi connectivity index (χ1v) is 9.17. The van der Waals surface area contributed by atoms with Gasteiger partial charge in [0.2, 0.25) is 5.91 Å². The Hall–Kier alpha value is -2.28. The van der Waals surface area contributed by atoms with E-state index < -0.39 is 0 Å². The van der Waals surface area contributed by atoms with Gasteiger partial charge in [-0.3, -0.25) is 9.59 Å². The van der Waals surface area contributed by atoms with Crippen molar-refractivity contribution in [3.05, 3.63) is 23.8 Å². The highest BCUT2D eigenvalue weighted by Crippen LogP contribution is 2.28. The van der Waals surface area contributed by atoms with Crippen LogP contribution in [0.5, 0.6) is 11.5 Å². The molecule has 3 rings (SSSR count). The van der Waals surface area contributed by atoms with Crippen LogP contribution in [0.4, 0.5) is 0 Å². The second kappa shape index (κ2) is 8.40. The van der Waals surface area contributed by atoms with Gasteiger partial charge < -0.3 is 25.0 Å². The fourth-order valence-electron chi connectivity index (χ4n) is 3.59. The summed E-state index contributed by atoms with van der Waals surface area (Å²) in [7, 11) is 3.12. The Morgan fingerprint density at radius 3 is 2.46 bits per heavy atom. The number of piperidine rings is 1. The summed E-state index contributed by atoms with van der Waals surface area (Å²) in [4.78, 5) is 26.8. The Kier molecular flexibility index (Phi) is 5.98. The first-order chi connectivity index (χ1) is 12.6. The van der Waals surface area contributed by atoms with Crippen LogP contribution in [0.15, 0.2) is 18.2 Å². The fourth-order valence-corrected chi connectivity index (χ4v) is 3.59. The van der Waals surface area contributed by atoms with Gasteiger partial charge in [-0.05, 0) is 50.4 Å². The summed E-state index contributed by atoms with van der Waals surface area (Å²) in [5.41, 5.74) is 0.584. The monoisotopic (exact) mass is 361 g/mol. The second-order valence-corrected chi connectivity index (χ2v) is 6.79. The number of hydrogen-bond acceptors (Lipinski definition) is 5. The van der Waals surface area contributed by atoms with Gasteiger partial charge >= 0.3 is 0 Å². The number of ether oxygens (including phenoxy) is 2. The standard InChI is InChI=1S/C19H27N3O4/c1-25-16-6-5-13(12-17(16)26-2)19(24)22-10-7-14(8-11-22)21-18(23)15-4-3-9-20-15/h5-6,12,14-15,20H,3-4,7-11H2,1-2H3,(H,21,23). The average molecular weight is 361 g/mol. The summed E-state index contributed by atoms with van der Waals surface area (Å²) in [5.74, 6) is 1.22. The molecule has 0 radical (unpaired) electrons. The van der Waals surface area contributed by atoms with Crippen LogP contribution in [-0.2, 0) is 4.79 Å². The Bertz CT molecular complexity index is 650. The number of rotatable bonds is 5. The lowest BCUT2D eigenvalue weighted by atomic mass is 10.0. The number of benzene rings is 1. The molecule has 2 fully saturated rings. The molecule has 0 aliphatic carbocycles. The van der Waals surface area contributed by atoms with Crippen LogP contribution < -0.4 is 20.1 Å². The minimum atomic E-state index is -0.0542. The third-order valence-electron chi connectivity index (χ3n) is 5.14. The van der Waals surface area contributed by atoms with E-state index in [2.05, 4.69) is 10.6 Å². The number of nitrogens with zero attached hydrogens (tertiary/aromatic N) is 1. The van der Waals surface area contributed by atoms with E-state index in [1.807, 2.05) is 4.90 Å². The molecular weight excluding hydrogens is 334 g/mol. The Balaban J connectivity index is 1.54. The van der Waals surface area contributed by atoms with Gasteiger partial charge in [0.25, 0.3) is 5.91 Å². The van der Waals surface area contributed by atoms with Crippen LogP contribution in [-0.4, -0.2) is 62.7 Å². The fraction of sp³-hybridized carbons (Fsp3) is 0.579. The SMILES string of the molecule is COc1ccc(C(=O)N2CCC(NC(=O)C3CCCN3)CC2)cc1OC. The minimum Gasteiger partial charge on any atom is -0.493 e. The van der Waals surface area contributed by atoms with Crippen molar-refractivity contribution in [1.82, 2.24) is 15.5 Å². The number of carbonyl (C=O) groups excluding carboxylic acids is 2. The molecule has 26 heavy (non-hydrogen) atoms. The van der Waals surface area contributed by atoms with Crippen molar-refractivity contribution >= 4 is 11.8 Å². The van der Waals surface area contributed by atoms with Gasteiger partial charge in [-0.2, -0.15) is 0 Å². The van der Waals surface area contributed by atoms with Gasteiger partial charge in [0.1, 0.15) is 0 Å². The number of hydrogen-bond donors (Lipinski definition) is 2. The molecule has 2 amide bonds. The van der Waals surface area contributed by atoms with Crippen molar-refractivity contribution in [2.45, 2.75) is 37.8 Å². The third kappa shape index (κ3) is 4.09. The van der Waals surface area contributed by atoms with E-state index in [0.29, 0.717) is 30.2 Å². The lowest BCUT2D eigenvalue weighted by Crippen LogP contribution is -2.50. The van der Waals surface area contributed by atoms with Gasteiger partial charge in [-0.25, -0.2) is 0 Å². The molecular formula is C19H27N3O4. The van der Waals surface area contributed by atoms with Gasteiger partial charge in [-0.1, -0.05) is 0 Å². The Morgan fingerprint density at radius 2 is 1.85 bits per heavy atom. The quantitative estimate of drug-likeness (QED) is 0.823. The maximum Gasteiger partial charge on any atom is 0.253 e. The highest BCUT2D eigenvalue weighted by molar-refractivity contribution is 5.95. The van der Waals surface area contributed by atoms with Crippen molar-refractivity contribution in [1.29, 1.82) is 0 Å². The largest absolute Gasteiger partial charge is 0.493 e.